The predicted molar refractivity (Wildman–Crippen MR) is 54.7 cm³/mol. The Morgan fingerprint density at radius 1 is 1.77 bits per heavy atom. The molecule has 1 aromatic rings. The van der Waals surface area contributed by atoms with Crippen LogP contribution in [0.15, 0.2) is 18.9 Å². The van der Waals surface area contributed by atoms with Gasteiger partial charge < -0.3 is 10.0 Å². The van der Waals surface area contributed by atoms with E-state index < -0.39 is 6.10 Å². The third kappa shape index (κ3) is 2.91. The van der Waals surface area contributed by atoms with Gasteiger partial charge in [0, 0.05) is 17.6 Å². The highest BCUT2D eigenvalue weighted by Gasteiger charge is 2.08. The van der Waals surface area contributed by atoms with E-state index in [0.29, 0.717) is 5.01 Å². The summed E-state index contributed by atoms with van der Waals surface area (Å²) in [6.45, 7) is 4.38. The van der Waals surface area contributed by atoms with Crippen LogP contribution in [0.5, 0.6) is 0 Å². The van der Waals surface area contributed by atoms with Crippen molar-refractivity contribution in [2.45, 2.75) is 12.6 Å². The maximum atomic E-state index is 9.39. The van der Waals surface area contributed by atoms with Gasteiger partial charge in [-0.25, -0.2) is 4.98 Å². The summed E-state index contributed by atoms with van der Waals surface area (Å²) in [6, 6.07) is 0. The topological polar surface area (TPSA) is 36.4 Å². The molecule has 0 aliphatic rings. The van der Waals surface area contributed by atoms with Gasteiger partial charge in [-0.3, -0.25) is 0 Å². The Balaban J connectivity index is 2.68. The molecular formula is C9H14N2OS. The third-order valence-electron chi connectivity index (χ3n) is 1.52. The standard InChI is InChI=1S/C9H14N2OS/c1-4-8(12)9-10-5-7(13-9)6-11(2)3/h4-5,8,12H,1,6H2,2-3H3. The van der Waals surface area contributed by atoms with E-state index in [1.54, 1.807) is 6.20 Å². The van der Waals surface area contributed by atoms with Gasteiger partial charge in [-0.2, -0.15) is 0 Å². The first-order valence-corrected chi connectivity index (χ1v) is 4.85. The van der Waals surface area contributed by atoms with E-state index in [1.165, 1.54) is 17.4 Å². The first kappa shape index (κ1) is 10.4. The van der Waals surface area contributed by atoms with Crippen molar-refractivity contribution in [1.82, 2.24) is 9.88 Å². The maximum Gasteiger partial charge on any atom is 0.125 e. The monoisotopic (exact) mass is 198 g/mol. The first-order chi connectivity index (χ1) is 6.13. The van der Waals surface area contributed by atoms with Gasteiger partial charge in [0.15, 0.2) is 0 Å². The quantitative estimate of drug-likeness (QED) is 0.743. The molecule has 1 atom stereocenters. The fourth-order valence-electron chi connectivity index (χ4n) is 0.945. The Labute approximate surface area is 82.3 Å². The lowest BCUT2D eigenvalue weighted by molar-refractivity contribution is 0.228. The van der Waals surface area contributed by atoms with Crippen molar-refractivity contribution in [3.8, 4) is 0 Å². The Bertz CT molecular complexity index is 283. The van der Waals surface area contributed by atoms with Crippen molar-refractivity contribution in [2.75, 3.05) is 14.1 Å². The largest absolute Gasteiger partial charge is 0.382 e. The van der Waals surface area contributed by atoms with Crippen LogP contribution in [-0.4, -0.2) is 29.1 Å². The van der Waals surface area contributed by atoms with Gasteiger partial charge in [0.1, 0.15) is 11.1 Å². The number of aromatic nitrogens is 1. The van der Waals surface area contributed by atoms with Crippen LogP contribution in [0.3, 0.4) is 0 Å². The Hall–Kier alpha value is -0.710. The zero-order chi connectivity index (χ0) is 9.84. The number of nitrogens with zero attached hydrogens (tertiary/aromatic N) is 2. The molecule has 72 valence electrons. The summed E-state index contributed by atoms with van der Waals surface area (Å²) in [5.41, 5.74) is 0. The number of aliphatic hydroxyl groups is 1. The lowest BCUT2D eigenvalue weighted by Crippen LogP contribution is -2.09. The second-order valence-corrected chi connectivity index (χ2v) is 4.23. The van der Waals surface area contributed by atoms with Gasteiger partial charge in [0.2, 0.25) is 0 Å². The fourth-order valence-corrected chi connectivity index (χ4v) is 1.96. The number of aliphatic hydroxyl groups excluding tert-OH is 1. The normalized spacial score (nSPS) is 13.2. The van der Waals surface area contributed by atoms with E-state index >= 15 is 0 Å². The zero-order valence-electron chi connectivity index (χ0n) is 7.90. The minimum Gasteiger partial charge on any atom is -0.382 e. The summed E-state index contributed by atoms with van der Waals surface area (Å²) in [5, 5.41) is 10.1. The van der Waals surface area contributed by atoms with E-state index in [-0.39, 0.29) is 0 Å². The molecule has 0 saturated heterocycles. The molecule has 0 aliphatic carbocycles. The van der Waals surface area contributed by atoms with Crippen molar-refractivity contribution in [3.63, 3.8) is 0 Å². The highest BCUT2D eigenvalue weighted by molar-refractivity contribution is 7.11. The lowest BCUT2D eigenvalue weighted by Gasteiger charge is -2.05. The van der Waals surface area contributed by atoms with Crippen LogP contribution >= 0.6 is 11.3 Å². The molecule has 1 aromatic heterocycles. The Morgan fingerprint density at radius 3 is 3.00 bits per heavy atom. The molecule has 1 unspecified atom stereocenters. The van der Waals surface area contributed by atoms with E-state index in [1.807, 2.05) is 14.1 Å². The summed E-state index contributed by atoms with van der Waals surface area (Å²) in [4.78, 5) is 7.33. The molecule has 0 saturated carbocycles. The smallest absolute Gasteiger partial charge is 0.125 e. The van der Waals surface area contributed by atoms with Crippen molar-refractivity contribution in [2.24, 2.45) is 0 Å². The molecule has 1 heterocycles. The SMILES string of the molecule is C=CC(O)c1ncc(CN(C)C)s1. The van der Waals surface area contributed by atoms with Gasteiger partial charge >= 0.3 is 0 Å². The molecule has 1 N–H and O–H groups in total. The summed E-state index contributed by atoms with van der Waals surface area (Å²) in [7, 11) is 4.01. The van der Waals surface area contributed by atoms with Crippen molar-refractivity contribution in [3.05, 3.63) is 28.7 Å². The van der Waals surface area contributed by atoms with Crippen molar-refractivity contribution < 1.29 is 5.11 Å². The Kier molecular flexibility index (Phi) is 3.59. The minimum absolute atomic E-state index is 0.624. The highest BCUT2D eigenvalue weighted by Crippen LogP contribution is 2.21. The number of hydrogen-bond acceptors (Lipinski definition) is 4. The molecule has 0 fully saturated rings. The average Bonchev–Trinajstić information content (AvgIpc) is 2.50. The fraction of sp³-hybridized carbons (Fsp3) is 0.444. The van der Waals surface area contributed by atoms with Crippen molar-refractivity contribution in [1.29, 1.82) is 0 Å². The van der Waals surface area contributed by atoms with Gasteiger partial charge in [-0.05, 0) is 14.1 Å². The van der Waals surface area contributed by atoms with Gasteiger partial charge in [-0.1, -0.05) is 6.08 Å². The first-order valence-electron chi connectivity index (χ1n) is 4.03. The van der Waals surface area contributed by atoms with Crippen LogP contribution in [0, 0.1) is 0 Å². The maximum absolute atomic E-state index is 9.39. The average molecular weight is 198 g/mol. The molecule has 0 aliphatic heterocycles. The van der Waals surface area contributed by atoms with Crippen LogP contribution in [-0.2, 0) is 6.54 Å². The summed E-state index contributed by atoms with van der Waals surface area (Å²) < 4.78 is 0. The van der Waals surface area contributed by atoms with Crippen LogP contribution in [0.4, 0.5) is 0 Å². The molecule has 4 heteroatoms. The number of hydrogen-bond donors (Lipinski definition) is 1. The van der Waals surface area contributed by atoms with Crippen LogP contribution in [0.2, 0.25) is 0 Å². The van der Waals surface area contributed by atoms with Crippen LogP contribution < -0.4 is 0 Å². The van der Waals surface area contributed by atoms with Crippen molar-refractivity contribution >= 4 is 11.3 Å². The molecule has 3 nitrogen and oxygen atoms in total. The van der Waals surface area contributed by atoms with E-state index in [0.717, 1.165) is 11.4 Å². The highest BCUT2D eigenvalue weighted by atomic mass is 32.1. The lowest BCUT2D eigenvalue weighted by atomic mass is 10.4. The predicted octanol–water partition coefficient (Wildman–Crippen LogP) is 1.42. The molecule has 13 heavy (non-hydrogen) atoms. The summed E-state index contributed by atoms with van der Waals surface area (Å²) in [6.07, 6.45) is 2.66. The van der Waals surface area contributed by atoms with Crippen LogP contribution in [0.25, 0.3) is 0 Å². The second kappa shape index (κ2) is 4.50. The summed E-state index contributed by atoms with van der Waals surface area (Å²) in [5.74, 6) is 0. The Morgan fingerprint density at radius 2 is 2.46 bits per heavy atom. The van der Waals surface area contributed by atoms with Gasteiger partial charge in [0.25, 0.3) is 0 Å². The van der Waals surface area contributed by atoms with E-state index in [9.17, 15) is 5.11 Å². The van der Waals surface area contributed by atoms with Gasteiger partial charge in [-0.15, -0.1) is 17.9 Å². The molecule has 1 rings (SSSR count). The molecular weight excluding hydrogens is 184 g/mol. The van der Waals surface area contributed by atoms with E-state index in [2.05, 4.69) is 16.5 Å². The molecule has 0 radical (unpaired) electrons. The van der Waals surface area contributed by atoms with Crippen LogP contribution in [0.1, 0.15) is 16.0 Å². The molecule has 0 amide bonds. The molecule has 0 aromatic carbocycles. The summed E-state index contributed by atoms with van der Waals surface area (Å²) >= 11 is 1.52. The molecule has 0 spiro atoms. The van der Waals surface area contributed by atoms with E-state index in [4.69, 9.17) is 0 Å². The molecule has 0 bridgehead atoms. The second-order valence-electron chi connectivity index (χ2n) is 3.08. The zero-order valence-corrected chi connectivity index (χ0v) is 8.71. The third-order valence-corrected chi connectivity index (χ3v) is 2.57. The van der Waals surface area contributed by atoms with Gasteiger partial charge in [0.05, 0.1) is 0 Å². The minimum atomic E-state index is -0.624. The number of thiazole rings is 1. The number of rotatable bonds is 4.